The largest absolute Gasteiger partial charge is 0.462 e. The molecule has 2 aromatic carbocycles. The third kappa shape index (κ3) is 5.42. The van der Waals surface area contributed by atoms with Crippen LogP contribution in [0.3, 0.4) is 0 Å². The summed E-state index contributed by atoms with van der Waals surface area (Å²) in [7, 11) is -3.65. The number of sulfonamides is 1. The molecule has 0 heterocycles. The molecule has 0 aromatic heterocycles. The monoisotopic (exact) mass is 416 g/mol. The summed E-state index contributed by atoms with van der Waals surface area (Å²) in [6.07, 6.45) is 2.41. The Balaban J connectivity index is 1.73. The van der Waals surface area contributed by atoms with Crippen LogP contribution < -0.4 is 10.0 Å². The average molecular weight is 416 g/mol. The van der Waals surface area contributed by atoms with E-state index in [0.29, 0.717) is 23.4 Å². The second kappa shape index (κ2) is 8.75. The lowest BCUT2D eigenvalue weighted by Gasteiger charge is -2.11. The van der Waals surface area contributed by atoms with Crippen LogP contribution in [0.5, 0.6) is 0 Å². The highest BCUT2D eigenvalue weighted by molar-refractivity contribution is 7.89. The Hall–Kier alpha value is -2.71. The fourth-order valence-corrected chi connectivity index (χ4v) is 4.00. The van der Waals surface area contributed by atoms with E-state index in [1.165, 1.54) is 12.1 Å². The molecule has 1 aliphatic carbocycles. The predicted molar refractivity (Wildman–Crippen MR) is 109 cm³/mol. The van der Waals surface area contributed by atoms with Gasteiger partial charge in [0, 0.05) is 17.3 Å². The highest BCUT2D eigenvalue weighted by atomic mass is 32.2. The van der Waals surface area contributed by atoms with E-state index in [-0.39, 0.29) is 16.5 Å². The van der Waals surface area contributed by atoms with Crippen molar-refractivity contribution in [2.24, 2.45) is 0 Å². The molecule has 154 valence electrons. The third-order valence-electron chi connectivity index (χ3n) is 4.48. The number of carbonyl (C=O) groups is 2. The minimum absolute atomic E-state index is 0.0129. The van der Waals surface area contributed by atoms with Crippen LogP contribution in [0.4, 0.5) is 5.69 Å². The number of carbonyl (C=O) groups excluding carboxylic acids is 2. The van der Waals surface area contributed by atoms with Gasteiger partial charge in [-0.2, -0.15) is 0 Å². The van der Waals surface area contributed by atoms with Crippen molar-refractivity contribution in [1.82, 2.24) is 4.72 Å². The summed E-state index contributed by atoms with van der Waals surface area (Å²) >= 11 is 0. The Kier molecular flexibility index (Phi) is 6.34. The molecule has 0 radical (unpaired) electrons. The normalized spacial score (nSPS) is 13.7. The number of nitrogens with one attached hydrogen (secondary N) is 2. The molecular formula is C21H24N2O5S. The Morgan fingerprint density at radius 3 is 2.41 bits per heavy atom. The van der Waals surface area contributed by atoms with E-state index >= 15 is 0 Å². The number of hydrogen-bond acceptors (Lipinski definition) is 5. The smallest absolute Gasteiger partial charge is 0.338 e. The molecule has 0 atom stereocenters. The molecule has 7 nitrogen and oxygen atoms in total. The van der Waals surface area contributed by atoms with Gasteiger partial charge in [-0.15, -0.1) is 0 Å². The molecule has 1 amide bonds. The zero-order valence-corrected chi connectivity index (χ0v) is 17.2. The van der Waals surface area contributed by atoms with Gasteiger partial charge in [-0.3, -0.25) is 4.79 Å². The minimum atomic E-state index is -3.65. The first-order valence-corrected chi connectivity index (χ1v) is 11.0. The predicted octanol–water partition coefficient (Wildman–Crippen LogP) is 3.25. The van der Waals surface area contributed by atoms with Gasteiger partial charge in [0.2, 0.25) is 10.0 Å². The van der Waals surface area contributed by atoms with Gasteiger partial charge < -0.3 is 10.1 Å². The van der Waals surface area contributed by atoms with Crippen LogP contribution in [0.2, 0.25) is 0 Å². The van der Waals surface area contributed by atoms with Gasteiger partial charge in [-0.25, -0.2) is 17.9 Å². The molecule has 1 saturated carbocycles. The second-order valence-electron chi connectivity index (χ2n) is 7.04. The van der Waals surface area contributed by atoms with Crippen LogP contribution >= 0.6 is 0 Å². The topological polar surface area (TPSA) is 102 Å². The van der Waals surface area contributed by atoms with Crippen LogP contribution in [-0.2, 0) is 14.8 Å². The van der Waals surface area contributed by atoms with Crippen molar-refractivity contribution in [2.75, 3.05) is 11.9 Å². The van der Waals surface area contributed by atoms with Crippen molar-refractivity contribution in [3.05, 3.63) is 59.2 Å². The fourth-order valence-electron chi connectivity index (χ4n) is 2.67. The van der Waals surface area contributed by atoms with E-state index in [4.69, 9.17) is 4.74 Å². The lowest BCUT2D eigenvalue weighted by molar-refractivity contribution is 0.0505. The van der Waals surface area contributed by atoms with Crippen molar-refractivity contribution >= 4 is 27.6 Å². The minimum Gasteiger partial charge on any atom is -0.462 e. The van der Waals surface area contributed by atoms with Crippen LogP contribution in [0.1, 0.15) is 52.5 Å². The molecule has 0 bridgehead atoms. The number of esters is 1. The third-order valence-corrected chi connectivity index (χ3v) is 6.00. The molecule has 2 N–H and O–H groups in total. The van der Waals surface area contributed by atoms with Crippen LogP contribution in [0.25, 0.3) is 0 Å². The second-order valence-corrected chi connectivity index (χ2v) is 8.75. The van der Waals surface area contributed by atoms with Gasteiger partial charge in [0.05, 0.1) is 17.1 Å². The highest BCUT2D eigenvalue weighted by Crippen LogP contribution is 2.23. The maximum Gasteiger partial charge on any atom is 0.338 e. The van der Waals surface area contributed by atoms with Gasteiger partial charge in [0.15, 0.2) is 0 Å². The van der Waals surface area contributed by atoms with Gasteiger partial charge in [0.25, 0.3) is 5.91 Å². The van der Waals surface area contributed by atoms with Gasteiger partial charge in [-0.05, 0) is 68.1 Å². The van der Waals surface area contributed by atoms with Gasteiger partial charge >= 0.3 is 5.97 Å². The van der Waals surface area contributed by atoms with E-state index < -0.39 is 21.9 Å². The van der Waals surface area contributed by atoms with E-state index in [1.807, 2.05) is 6.92 Å². The molecule has 1 aliphatic rings. The summed E-state index contributed by atoms with van der Waals surface area (Å²) in [5.41, 5.74) is 1.82. The van der Waals surface area contributed by atoms with E-state index in [2.05, 4.69) is 10.0 Å². The molecule has 0 saturated heterocycles. The van der Waals surface area contributed by atoms with E-state index in [0.717, 1.165) is 19.3 Å². The molecule has 1 fully saturated rings. The Morgan fingerprint density at radius 2 is 1.79 bits per heavy atom. The number of amides is 1. The molecular weight excluding hydrogens is 392 g/mol. The molecule has 0 spiro atoms. The first-order chi connectivity index (χ1) is 13.8. The van der Waals surface area contributed by atoms with Gasteiger partial charge in [-0.1, -0.05) is 13.0 Å². The standard InChI is InChI=1S/C21H24N2O5S/c1-3-12-28-21(25)15-5-7-16(8-6-15)22-20(24)19-13-18(11-4-14(19)2)29(26,27)23-17-9-10-17/h4-8,11,13,17,23H,3,9-10,12H2,1-2H3,(H,22,24). The average Bonchev–Trinajstić information content (AvgIpc) is 3.50. The van der Waals surface area contributed by atoms with Crippen molar-refractivity contribution < 1.29 is 22.7 Å². The first kappa shape index (κ1) is 21.0. The van der Waals surface area contributed by atoms with Crippen molar-refractivity contribution in [2.45, 2.75) is 44.0 Å². The van der Waals surface area contributed by atoms with Crippen LogP contribution in [0, 0.1) is 6.92 Å². The molecule has 2 aromatic rings. The number of aryl methyl sites for hydroxylation is 1. The van der Waals surface area contributed by atoms with E-state index in [9.17, 15) is 18.0 Å². The molecule has 0 aliphatic heterocycles. The van der Waals surface area contributed by atoms with E-state index in [1.54, 1.807) is 37.3 Å². The Bertz CT molecular complexity index is 1010. The zero-order chi connectivity index (χ0) is 21.0. The number of hydrogen-bond donors (Lipinski definition) is 2. The summed E-state index contributed by atoms with van der Waals surface area (Å²) < 4.78 is 32.5. The summed E-state index contributed by atoms with van der Waals surface area (Å²) in [6, 6.07) is 10.8. The first-order valence-electron chi connectivity index (χ1n) is 9.51. The Labute approximate surface area is 170 Å². The quantitative estimate of drug-likeness (QED) is 0.643. The summed E-state index contributed by atoms with van der Waals surface area (Å²) in [6.45, 7) is 4.01. The summed E-state index contributed by atoms with van der Waals surface area (Å²) in [5.74, 6) is -0.839. The molecule has 0 unspecified atom stereocenters. The number of anilines is 1. The maximum atomic E-state index is 12.7. The summed E-state index contributed by atoms with van der Waals surface area (Å²) in [5, 5.41) is 2.73. The fraction of sp³-hybridized carbons (Fsp3) is 0.333. The lowest BCUT2D eigenvalue weighted by Crippen LogP contribution is -2.26. The number of rotatable bonds is 8. The molecule has 3 rings (SSSR count). The SMILES string of the molecule is CCCOC(=O)c1ccc(NC(=O)c2cc(S(=O)(=O)NC3CC3)ccc2C)cc1. The lowest BCUT2D eigenvalue weighted by atomic mass is 10.1. The van der Waals surface area contributed by atoms with Crippen LogP contribution in [0.15, 0.2) is 47.4 Å². The number of ether oxygens (including phenoxy) is 1. The Morgan fingerprint density at radius 1 is 1.10 bits per heavy atom. The van der Waals surface area contributed by atoms with Crippen LogP contribution in [-0.4, -0.2) is 32.9 Å². The molecule has 29 heavy (non-hydrogen) atoms. The summed E-state index contributed by atoms with van der Waals surface area (Å²) in [4.78, 5) is 24.6. The zero-order valence-electron chi connectivity index (χ0n) is 16.4. The number of benzene rings is 2. The maximum absolute atomic E-state index is 12.7. The molecule has 8 heteroatoms. The highest BCUT2D eigenvalue weighted by Gasteiger charge is 2.28. The van der Waals surface area contributed by atoms with Crippen molar-refractivity contribution in [3.63, 3.8) is 0 Å². The van der Waals surface area contributed by atoms with Crippen molar-refractivity contribution in [3.8, 4) is 0 Å². The van der Waals surface area contributed by atoms with Crippen molar-refractivity contribution in [1.29, 1.82) is 0 Å². The van der Waals surface area contributed by atoms with Gasteiger partial charge in [0.1, 0.15) is 0 Å².